The Kier molecular flexibility index (Phi) is 11.4. The predicted molar refractivity (Wildman–Crippen MR) is 93.9 cm³/mol. The van der Waals surface area contributed by atoms with Crippen LogP contribution in [-0.2, 0) is 16.8 Å². The summed E-state index contributed by atoms with van der Waals surface area (Å²) in [5.41, 5.74) is 2.51. The summed E-state index contributed by atoms with van der Waals surface area (Å²) in [6, 6.07) is 18.6. The van der Waals surface area contributed by atoms with Gasteiger partial charge < -0.3 is 10.1 Å². The van der Waals surface area contributed by atoms with Gasteiger partial charge in [-0.1, -0.05) is 30.3 Å². The van der Waals surface area contributed by atoms with Crippen LogP contribution in [0.4, 0.5) is 5.69 Å². The molecular weight excluding hydrogens is 346 g/mol. The van der Waals surface area contributed by atoms with Crippen LogP contribution in [0.15, 0.2) is 54.6 Å². The van der Waals surface area contributed by atoms with E-state index in [0.717, 1.165) is 25.1 Å². The van der Waals surface area contributed by atoms with Crippen molar-refractivity contribution in [3.05, 3.63) is 60.2 Å². The Morgan fingerprint density at radius 1 is 1.04 bits per heavy atom. The Balaban J connectivity index is 0.000000710. The van der Waals surface area contributed by atoms with Crippen molar-refractivity contribution in [2.45, 2.75) is 12.8 Å². The summed E-state index contributed by atoms with van der Waals surface area (Å²) in [7, 11) is -2.96. The smallest absolute Gasteiger partial charge is 0.394 e. The van der Waals surface area contributed by atoms with E-state index in [4.69, 9.17) is 33.0 Å². The number of para-hydroxylation sites is 1. The van der Waals surface area contributed by atoms with Crippen molar-refractivity contribution in [2.24, 2.45) is 0 Å². The number of nitrogens with zero attached hydrogens (tertiary/aromatic N) is 2. The minimum Gasteiger partial charge on any atom is -0.497 e. The molecule has 9 heteroatoms. The van der Waals surface area contributed by atoms with Gasteiger partial charge in [-0.25, -0.2) is 0 Å². The lowest BCUT2D eigenvalue weighted by molar-refractivity contribution is 0.381. The van der Waals surface area contributed by atoms with Crippen LogP contribution < -0.4 is 10.1 Å². The van der Waals surface area contributed by atoms with Crippen LogP contribution in [0.2, 0.25) is 0 Å². The van der Waals surface area contributed by atoms with Gasteiger partial charge in [0.25, 0.3) is 0 Å². The Hall–Kier alpha value is -2.67. The fraction of sp³-hybridized carbons (Fsp3) is 0.250. The fourth-order valence-corrected chi connectivity index (χ4v) is 1.91. The lowest BCUT2D eigenvalue weighted by atomic mass is 10.1. The minimum absolute atomic E-state index is 0.934. The molecule has 0 spiro atoms. The predicted octanol–water partition coefficient (Wildman–Crippen LogP) is 3.12. The number of aryl methyl sites for hydroxylation is 1. The summed E-state index contributed by atoms with van der Waals surface area (Å²) in [5, 5.41) is 15.4. The molecular formula is C16H21N3O5S. The monoisotopic (exact) mass is 367 g/mol. The minimum atomic E-state index is -4.67. The van der Waals surface area contributed by atoms with E-state index in [1.807, 2.05) is 30.3 Å². The van der Waals surface area contributed by atoms with Gasteiger partial charge in [0.2, 0.25) is 0 Å². The Morgan fingerprint density at radius 2 is 1.64 bits per heavy atom. The second kappa shape index (κ2) is 12.7. The van der Waals surface area contributed by atoms with Crippen molar-refractivity contribution in [3.63, 3.8) is 0 Å². The highest BCUT2D eigenvalue weighted by molar-refractivity contribution is 7.79. The number of methoxy groups -OCH3 is 1. The molecule has 136 valence electrons. The Bertz CT molecular complexity index is 713. The number of ether oxygens (including phenoxy) is 1. The maximum absolute atomic E-state index is 8.74. The number of nitrogens with one attached hydrogen (secondary N) is 1. The van der Waals surface area contributed by atoms with E-state index in [-0.39, 0.29) is 0 Å². The van der Waals surface area contributed by atoms with Gasteiger partial charge in [0.05, 0.1) is 7.11 Å². The van der Waals surface area contributed by atoms with Crippen molar-refractivity contribution in [1.29, 1.82) is 10.8 Å². The molecule has 0 radical (unpaired) electrons. The fourth-order valence-electron chi connectivity index (χ4n) is 1.91. The first-order valence-corrected chi connectivity index (χ1v) is 8.60. The molecule has 0 fully saturated rings. The number of benzene rings is 2. The molecule has 0 unspecified atom stereocenters. The van der Waals surface area contributed by atoms with E-state index in [9.17, 15) is 0 Å². The molecule has 2 rings (SSSR count). The third-order valence-corrected chi connectivity index (χ3v) is 2.88. The number of hydrogen-bond acceptors (Lipinski definition) is 6. The summed E-state index contributed by atoms with van der Waals surface area (Å²) in [5.74, 6) is 0.934. The number of anilines is 1. The molecule has 0 saturated heterocycles. The Morgan fingerprint density at radius 3 is 2.20 bits per heavy atom. The average Bonchev–Trinajstić information content (AvgIpc) is 2.60. The van der Waals surface area contributed by atoms with Gasteiger partial charge in [-0.05, 0) is 42.7 Å². The summed E-state index contributed by atoms with van der Waals surface area (Å²) in [6.45, 7) is 0.987. The third kappa shape index (κ3) is 13.5. The van der Waals surface area contributed by atoms with Gasteiger partial charge in [0.15, 0.2) is 0 Å². The van der Waals surface area contributed by atoms with Gasteiger partial charge in [-0.15, -0.1) is 0 Å². The standard InChI is InChI=1S/C16H19NO.N2.H2O4S/c1-18-16-11-5-7-14(13-16)8-6-12-17-15-9-3-2-4-10-15;1-2;1-5(2,3)4/h2-5,7,9-11,13,17H,6,8,12H2,1H3;;(H2,1,2,3,4). The van der Waals surface area contributed by atoms with Crippen LogP contribution >= 0.6 is 0 Å². The van der Waals surface area contributed by atoms with E-state index < -0.39 is 10.4 Å². The first-order chi connectivity index (χ1) is 11.9. The maximum Gasteiger partial charge on any atom is 0.394 e. The van der Waals surface area contributed by atoms with Crippen LogP contribution in [-0.4, -0.2) is 31.2 Å². The van der Waals surface area contributed by atoms with Crippen LogP contribution in [0, 0.1) is 10.8 Å². The van der Waals surface area contributed by atoms with Gasteiger partial charge >= 0.3 is 10.4 Å². The van der Waals surface area contributed by atoms with Crippen molar-refractivity contribution >= 4 is 16.1 Å². The second-order valence-electron chi connectivity index (χ2n) is 4.70. The number of hydrogen-bond donors (Lipinski definition) is 3. The van der Waals surface area contributed by atoms with Crippen molar-refractivity contribution < 1.29 is 22.3 Å². The molecule has 0 aliphatic carbocycles. The van der Waals surface area contributed by atoms with Crippen LogP contribution in [0.5, 0.6) is 5.75 Å². The van der Waals surface area contributed by atoms with Crippen molar-refractivity contribution in [3.8, 4) is 5.75 Å². The van der Waals surface area contributed by atoms with E-state index in [1.54, 1.807) is 7.11 Å². The van der Waals surface area contributed by atoms with Crippen LogP contribution in [0.1, 0.15) is 12.0 Å². The largest absolute Gasteiger partial charge is 0.497 e. The van der Waals surface area contributed by atoms with Crippen LogP contribution in [0.25, 0.3) is 0 Å². The molecule has 2 aromatic rings. The second-order valence-corrected chi connectivity index (χ2v) is 5.59. The summed E-state index contributed by atoms with van der Waals surface area (Å²) in [6.07, 6.45) is 2.18. The summed E-state index contributed by atoms with van der Waals surface area (Å²) in [4.78, 5) is 0. The van der Waals surface area contributed by atoms with E-state index in [2.05, 4.69) is 29.6 Å². The molecule has 25 heavy (non-hydrogen) atoms. The highest BCUT2D eigenvalue weighted by Crippen LogP contribution is 2.14. The van der Waals surface area contributed by atoms with E-state index in [1.165, 1.54) is 11.3 Å². The summed E-state index contributed by atoms with van der Waals surface area (Å²) < 4.78 is 36.8. The highest BCUT2D eigenvalue weighted by atomic mass is 32.3. The third-order valence-electron chi connectivity index (χ3n) is 2.88. The normalized spacial score (nSPS) is 9.64. The maximum atomic E-state index is 8.74. The number of rotatable bonds is 6. The molecule has 0 aliphatic heterocycles. The molecule has 0 atom stereocenters. The molecule has 0 aliphatic rings. The van der Waals surface area contributed by atoms with E-state index >= 15 is 0 Å². The zero-order valence-electron chi connectivity index (χ0n) is 13.7. The average molecular weight is 367 g/mol. The van der Waals surface area contributed by atoms with Gasteiger partial charge in [0.1, 0.15) is 5.75 Å². The van der Waals surface area contributed by atoms with Crippen molar-refractivity contribution in [2.75, 3.05) is 19.0 Å². The quantitative estimate of drug-likeness (QED) is 0.401. The van der Waals surface area contributed by atoms with Gasteiger partial charge in [-0.3, -0.25) is 9.11 Å². The molecule has 2 aromatic carbocycles. The molecule has 3 N–H and O–H groups in total. The summed E-state index contributed by atoms with van der Waals surface area (Å²) >= 11 is 0. The molecule has 0 saturated carbocycles. The molecule has 0 heterocycles. The van der Waals surface area contributed by atoms with Crippen molar-refractivity contribution in [1.82, 2.24) is 0 Å². The highest BCUT2D eigenvalue weighted by Gasteiger charge is 1.96. The first kappa shape index (κ1) is 22.3. The topological polar surface area (TPSA) is 143 Å². The van der Waals surface area contributed by atoms with E-state index in [0.29, 0.717) is 0 Å². The van der Waals surface area contributed by atoms with Gasteiger partial charge in [-0.2, -0.15) is 8.42 Å². The lowest BCUT2D eigenvalue weighted by Gasteiger charge is -2.07. The lowest BCUT2D eigenvalue weighted by Crippen LogP contribution is -2.02. The molecule has 0 bridgehead atoms. The first-order valence-electron chi connectivity index (χ1n) is 7.20. The molecule has 0 amide bonds. The zero-order valence-corrected chi connectivity index (χ0v) is 14.6. The van der Waals surface area contributed by atoms with Crippen LogP contribution in [0.3, 0.4) is 0 Å². The molecule has 8 nitrogen and oxygen atoms in total. The SMILES string of the molecule is COc1cccc(CCCNc2ccccc2)c1.N#N.O=S(=O)(O)O. The molecule has 0 aromatic heterocycles. The zero-order chi connectivity index (χ0) is 19.1. The Labute approximate surface area is 147 Å². The van der Waals surface area contributed by atoms with Gasteiger partial charge in [0, 0.05) is 23.0 Å².